The van der Waals surface area contributed by atoms with Crippen LogP contribution in [0.3, 0.4) is 0 Å². The Morgan fingerprint density at radius 1 is 1.07 bits per heavy atom. The number of aliphatic hydroxyl groups excluding tert-OH is 1. The molecule has 2 bridgehead atoms. The van der Waals surface area contributed by atoms with Crippen molar-refractivity contribution >= 4 is 0 Å². The van der Waals surface area contributed by atoms with E-state index in [9.17, 15) is 5.11 Å². The van der Waals surface area contributed by atoms with Gasteiger partial charge in [-0.25, -0.2) is 0 Å². The predicted octanol–water partition coefficient (Wildman–Crippen LogP) is 6.63. The summed E-state index contributed by atoms with van der Waals surface area (Å²) < 4.78 is 11.9. The smallest absolute Gasteiger partial charge is 0.126 e. The zero-order valence-corrected chi connectivity index (χ0v) is 20.2. The number of rotatable bonds is 10. The Labute approximate surface area is 183 Å². The van der Waals surface area contributed by atoms with E-state index in [1.165, 1.54) is 36.8 Å². The topological polar surface area (TPSA) is 38.7 Å². The van der Waals surface area contributed by atoms with Crippen molar-refractivity contribution in [3.63, 3.8) is 0 Å². The number of hydrogen-bond donors (Lipinski definition) is 1. The Hall–Kier alpha value is -1.48. The molecule has 3 aliphatic rings. The summed E-state index contributed by atoms with van der Waals surface area (Å²) in [6.45, 7) is 11.7. The molecule has 3 atom stereocenters. The first-order valence-electron chi connectivity index (χ1n) is 11.8. The maximum Gasteiger partial charge on any atom is 0.126 e. The molecule has 1 aromatic carbocycles. The van der Waals surface area contributed by atoms with Crippen LogP contribution in [0.25, 0.3) is 0 Å². The van der Waals surface area contributed by atoms with Gasteiger partial charge in [0, 0.05) is 11.5 Å². The molecule has 1 saturated carbocycles. The van der Waals surface area contributed by atoms with E-state index in [4.69, 9.17) is 9.47 Å². The van der Waals surface area contributed by atoms with Crippen LogP contribution in [0, 0.1) is 17.3 Å². The summed E-state index contributed by atoms with van der Waals surface area (Å²) in [7, 11) is 3.54. The first kappa shape index (κ1) is 23.2. The fraction of sp³-hybridized carbons (Fsp3) is 0.704. The Morgan fingerprint density at radius 3 is 2.20 bits per heavy atom. The second-order valence-electron chi connectivity index (χ2n) is 10.6. The van der Waals surface area contributed by atoms with Crippen LogP contribution < -0.4 is 9.47 Å². The molecule has 1 aromatic rings. The first-order chi connectivity index (χ1) is 14.2. The average Bonchev–Trinajstić information content (AvgIpc) is 2.74. The summed E-state index contributed by atoms with van der Waals surface area (Å²) in [5, 5.41) is 9.98. The third-order valence-electron chi connectivity index (χ3n) is 8.11. The van der Waals surface area contributed by atoms with E-state index in [1.54, 1.807) is 14.2 Å². The maximum absolute atomic E-state index is 9.98. The minimum absolute atomic E-state index is 0.0757. The number of aliphatic hydroxyl groups is 1. The fourth-order valence-corrected chi connectivity index (χ4v) is 5.90. The number of methoxy groups -OCH3 is 2. The van der Waals surface area contributed by atoms with Crippen LogP contribution in [0.15, 0.2) is 23.8 Å². The van der Waals surface area contributed by atoms with Gasteiger partial charge in [-0.15, -0.1) is 0 Å². The Kier molecular flexibility index (Phi) is 6.91. The van der Waals surface area contributed by atoms with E-state index < -0.39 is 0 Å². The molecule has 0 saturated heterocycles. The molecular formula is C27H42O3. The summed E-state index contributed by atoms with van der Waals surface area (Å²) >= 11 is 0. The van der Waals surface area contributed by atoms with Gasteiger partial charge in [-0.3, -0.25) is 0 Å². The molecule has 0 amide bonds. The molecule has 1 N–H and O–H groups in total. The van der Waals surface area contributed by atoms with Gasteiger partial charge >= 0.3 is 0 Å². The molecule has 0 aromatic heterocycles. The fourth-order valence-electron chi connectivity index (χ4n) is 5.90. The summed E-state index contributed by atoms with van der Waals surface area (Å²) in [4.78, 5) is 0. The van der Waals surface area contributed by atoms with Crippen molar-refractivity contribution < 1.29 is 14.6 Å². The quantitative estimate of drug-likeness (QED) is 0.345. The lowest BCUT2D eigenvalue weighted by Crippen LogP contribution is -2.51. The zero-order valence-electron chi connectivity index (χ0n) is 20.2. The Bertz CT molecular complexity index is 749. The SMILES string of the molecule is CCCCCCC(C)(C)c1cc(OC)c([C@@H]2C=C(CO)[C@@H]3C[C@@H]2C3(C)C)c(OC)c1. The lowest BCUT2D eigenvalue weighted by atomic mass is 9.45. The van der Waals surface area contributed by atoms with Gasteiger partial charge in [-0.1, -0.05) is 66.4 Å². The second kappa shape index (κ2) is 8.94. The molecule has 30 heavy (non-hydrogen) atoms. The van der Waals surface area contributed by atoms with Crippen molar-refractivity contribution in [3.8, 4) is 11.5 Å². The van der Waals surface area contributed by atoms with Crippen LogP contribution in [-0.4, -0.2) is 25.9 Å². The van der Waals surface area contributed by atoms with Crippen LogP contribution in [0.5, 0.6) is 11.5 Å². The highest BCUT2D eigenvalue weighted by molar-refractivity contribution is 5.55. The zero-order chi connectivity index (χ0) is 22.1. The molecule has 0 aliphatic heterocycles. The highest BCUT2D eigenvalue weighted by Crippen LogP contribution is 2.65. The number of unbranched alkanes of at least 4 members (excludes halogenated alkanes) is 3. The van der Waals surface area contributed by atoms with E-state index in [-0.39, 0.29) is 23.4 Å². The number of benzene rings is 1. The molecule has 3 nitrogen and oxygen atoms in total. The minimum Gasteiger partial charge on any atom is -0.496 e. The van der Waals surface area contributed by atoms with E-state index in [0.29, 0.717) is 11.8 Å². The van der Waals surface area contributed by atoms with Crippen molar-refractivity contribution in [1.82, 2.24) is 0 Å². The van der Waals surface area contributed by atoms with Crippen LogP contribution in [0.2, 0.25) is 0 Å². The molecule has 4 rings (SSSR count). The summed E-state index contributed by atoms with van der Waals surface area (Å²) in [6.07, 6.45) is 9.70. The van der Waals surface area contributed by atoms with Crippen LogP contribution >= 0.6 is 0 Å². The highest BCUT2D eigenvalue weighted by atomic mass is 16.5. The number of hydrogen-bond acceptors (Lipinski definition) is 3. The van der Waals surface area contributed by atoms with E-state index in [1.807, 2.05) is 0 Å². The van der Waals surface area contributed by atoms with E-state index in [0.717, 1.165) is 29.9 Å². The van der Waals surface area contributed by atoms with Gasteiger partial charge in [0.15, 0.2) is 0 Å². The predicted molar refractivity (Wildman–Crippen MR) is 125 cm³/mol. The summed E-state index contributed by atoms with van der Waals surface area (Å²) in [5.41, 5.74) is 3.88. The van der Waals surface area contributed by atoms with Crippen molar-refractivity contribution in [1.29, 1.82) is 0 Å². The van der Waals surface area contributed by atoms with Crippen molar-refractivity contribution in [3.05, 3.63) is 34.9 Å². The van der Waals surface area contributed by atoms with Gasteiger partial charge in [0.1, 0.15) is 11.5 Å². The Morgan fingerprint density at radius 2 is 1.70 bits per heavy atom. The monoisotopic (exact) mass is 414 g/mol. The normalized spacial score (nSPS) is 24.8. The number of ether oxygens (including phenoxy) is 2. The standard InChI is InChI=1S/C27H42O3/c1-8-9-10-11-12-26(2,3)19-14-23(29-6)25(24(15-19)30-7)20-13-18(17-28)21-16-22(20)27(21,4)5/h13-15,20-22,28H,8-12,16-17H2,1-7H3/t20-,21+,22+/m1/s1. The molecule has 1 fully saturated rings. The van der Waals surface area contributed by atoms with Crippen LogP contribution in [-0.2, 0) is 5.41 Å². The molecule has 3 aliphatic carbocycles. The molecule has 0 spiro atoms. The number of allylic oxidation sites excluding steroid dienone is 1. The molecule has 3 heteroatoms. The van der Waals surface area contributed by atoms with Gasteiger partial charge in [0.05, 0.1) is 20.8 Å². The van der Waals surface area contributed by atoms with Gasteiger partial charge < -0.3 is 14.6 Å². The van der Waals surface area contributed by atoms with E-state index in [2.05, 4.69) is 52.8 Å². The van der Waals surface area contributed by atoms with Crippen molar-refractivity contribution in [2.45, 2.75) is 84.5 Å². The molecule has 168 valence electrons. The van der Waals surface area contributed by atoms with Gasteiger partial charge in [0.25, 0.3) is 0 Å². The van der Waals surface area contributed by atoms with Crippen LogP contribution in [0.4, 0.5) is 0 Å². The maximum atomic E-state index is 9.98. The van der Waals surface area contributed by atoms with Gasteiger partial charge in [-0.05, 0) is 58.8 Å². The Balaban J connectivity index is 1.99. The molecule has 0 unspecified atom stereocenters. The lowest BCUT2D eigenvalue weighted by Gasteiger charge is -2.59. The summed E-state index contributed by atoms with van der Waals surface area (Å²) in [6, 6.07) is 4.48. The first-order valence-corrected chi connectivity index (χ1v) is 11.8. The molecular weight excluding hydrogens is 372 g/mol. The van der Waals surface area contributed by atoms with Gasteiger partial charge in [0.2, 0.25) is 0 Å². The third kappa shape index (κ3) is 4.02. The molecule has 0 heterocycles. The van der Waals surface area contributed by atoms with E-state index >= 15 is 0 Å². The number of fused-ring (bicyclic) bond motifs is 1. The van der Waals surface area contributed by atoms with Crippen LogP contribution in [0.1, 0.15) is 90.2 Å². The van der Waals surface area contributed by atoms with Crippen molar-refractivity contribution in [2.75, 3.05) is 20.8 Å². The largest absolute Gasteiger partial charge is 0.496 e. The minimum atomic E-state index is 0.0757. The lowest BCUT2D eigenvalue weighted by molar-refractivity contribution is -0.0260. The summed E-state index contributed by atoms with van der Waals surface area (Å²) in [5.74, 6) is 3.12. The molecule has 0 radical (unpaired) electrons. The van der Waals surface area contributed by atoms with Crippen molar-refractivity contribution in [2.24, 2.45) is 17.3 Å². The van der Waals surface area contributed by atoms with Gasteiger partial charge in [-0.2, -0.15) is 0 Å². The third-order valence-corrected chi connectivity index (χ3v) is 8.11. The highest BCUT2D eigenvalue weighted by Gasteiger charge is 2.56. The second-order valence-corrected chi connectivity index (χ2v) is 10.6. The average molecular weight is 415 g/mol.